The van der Waals surface area contributed by atoms with Gasteiger partial charge in [-0.05, 0) is 24.1 Å². The Labute approximate surface area is 108 Å². The molecule has 90 valence electrons. The van der Waals surface area contributed by atoms with Crippen molar-refractivity contribution < 1.29 is 4.21 Å². The van der Waals surface area contributed by atoms with Crippen molar-refractivity contribution in [1.82, 2.24) is 0 Å². The van der Waals surface area contributed by atoms with Crippen molar-refractivity contribution in [2.24, 2.45) is 0 Å². The van der Waals surface area contributed by atoms with Crippen LogP contribution in [0, 0.1) is 0 Å². The van der Waals surface area contributed by atoms with Crippen molar-refractivity contribution in [2.75, 3.05) is 11.5 Å². The lowest BCUT2D eigenvalue weighted by Crippen LogP contribution is -2.02. The normalized spacial score (nSPS) is 12.6. The lowest BCUT2D eigenvalue weighted by atomic mass is 10.2. The molecule has 0 aromatic heterocycles. The van der Waals surface area contributed by atoms with Gasteiger partial charge in [0.2, 0.25) is 0 Å². The van der Waals surface area contributed by atoms with E-state index < -0.39 is 10.8 Å². The Morgan fingerprint density at radius 1 is 1.38 bits per heavy atom. The van der Waals surface area contributed by atoms with Crippen LogP contribution in [0.1, 0.15) is 31.7 Å². The second-order valence-corrected chi connectivity index (χ2v) is 6.28. The van der Waals surface area contributed by atoms with Crippen LogP contribution in [0.15, 0.2) is 22.7 Å². The fourth-order valence-electron chi connectivity index (χ4n) is 1.44. The molecule has 1 aromatic carbocycles. The molecule has 0 bridgehead atoms. The average Bonchev–Trinajstić information content (AvgIpc) is 2.23. The van der Waals surface area contributed by atoms with Gasteiger partial charge in [-0.1, -0.05) is 41.8 Å². The van der Waals surface area contributed by atoms with Gasteiger partial charge in [-0.25, -0.2) is 0 Å². The summed E-state index contributed by atoms with van der Waals surface area (Å²) in [6, 6.07) is 5.65. The van der Waals surface area contributed by atoms with Crippen LogP contribution >= 0.6 is 15.9 Å². The second-order valence-electron chi connectivity index (χ2n) is 3.85. The van der Waals surface area contributed by atoms with Crippen LogP contribution in [0.4, 0.5) is 5.69 Å². The lowest BCUT2D eigenvalue weighted by Gasteiger charge is -2.05. The molecule has 0 aliphatic heterocycles. The first-order chi connectivity index (χ1) is 7.63. The molecule has 0 saturated carbocycles. The van der Waals surface area contributed by atoms with E-state index in [4.69, 9.17) is 5.73 Å². The summed E-state index contributed by atoms with van der Waals surface area (Å²) < 4.78 is 12.7. The summed E-state index contributed by atoms with van der Waals surface area (Å²) in [5.41, 5.74) is 7.45. The molecule has 16 heavy (non-hydrogen) atoms. The minimum atomic E-state index is -0.760. The quantitative estimate of drug-likeness (QED) is 0.646. The molecule has 0 aliphatic rings. The van der Waals surface area contributed by atoms with Crippen LogP contribution in [0.3, 0.4) is 0 Å². The fraction of sp³-hybridized carbons (Fsp3) is 0.500. The lowest BCUT2D eigenvalue weighted by molar-refractivity contribution is 0.675. The Hall–Kier alpha value is -0.350. The molecule has 0 spiro atoms. The van der Waals surface area contributed by atoms with Gasteiger partial charge in [-0.3, -0.25) is 4.21 Å². The first-order valence-corrected chi connectivity index (χ1v) is 7.80. The zero-order valence-corrected chi connectivity index (χ0v) is 11.9. The van der Waals surface area contributed by atoms with E-state index in [2.05, 4.69) is 22.9 Å². The third-order valence-electron chi connectivity index (χ3n) is 2.37. The molecule has 0 amide bonds. The minimum absolute atomic E-state index is 0.616. The van der Waals surface area contributed by atoms with E-state index in [1.54, 1.807) is 0 Å². The van der Waals surface area contributed by atoms with E-state index in [1.165, 1.54) is 6.42 Å². The van der Waals surface area contributed by atoms with Gasteiger partial charge in [0.05, 0.1) is 0 Å². The van der Waals surface area contributed by atoms with Crippen LogP contribution < -0.4 is 5.73 Å². The number of halogens is 1. The molecule has 4 heteroatoms. The van der Waals surface area contributed by atoms with Crippen LogP contribution in [0.5, 0.6) is 0 Å². The maximum absolute atomic E-state index is 11.8. The van der Waals surface area contributed by atoms with E-state index in [0.29, 0.717) is 5.75 Å². The monoisotopic (exact) mass is 303 g/mol. The molecule has 1 atom stereocenters. The number of rotatable bonds is 6. The van der Waals surface area contributed by atoms with Crippen LogP contribution in [-0.2, 0) is 16.6 Å². The first kappa shape index (κ1) is 13.7. The zero-order chi connectivity index (χ0) is 12.0. The Kier molecular flexibility index (Phi) is 6.06. The number of hydrogen-bond donors (Lipinski definition) is 1. The predicted octanol–water partition coefficient (Wildman–Crippen LogP) is 3.47. The smallest absolute Gasteiger partial charge is 0.0496 e. The van der Waals surface area contributed by atoms with Gasteiger partial charge >= 0.3 is 0 Å². The van der Waals surface area contributed by atoms with Crippen molar-refractivity contribution in [3.05, 3.63) is 28.2 Å². The molecule has 1 unspecified atom stereocenters. The van der Waals surface area contributed by atoms with Gasteiger partial charge in [0.25, 0.3) is 0 Å². The number of nitrogen functional groups attached to an aromatic ring is 1. The highest BCUT2D eigenvalue weighted by Gasteiger charge is 2.05. The van der Waals surface area contributed by atoms with Crippen molar-refractivity contribution in [1.29, 1.82) is 0 Å². The van der Waals surface area contributed by atoms with E-state index >= 15 is 0 Å². The van der Waals surface area contributed by atoms with Gasteiger partial charge in [0.15, 0.2) is 0 Å². The summed E-state index contributed by atoms with van der Waals surface area (Å²) in [6.45, 7) is 2.15. The van der Waals surface area contributed by atoms with Crippen molar-refractivity contribution in [3.8, 4) is 0 Å². The maximum atomic E-state index is 11.8. The highest BCUT2D eigenvalue weighted by Crippen LogP contribution is 2.21. The summed E-state index contributed by atoms with van der Waals surface area (Å²) in [4.78, 5) is 0. The van der Waals surface area contributed by atoms with Crippen LogP contribution in [0.25, 0.3) is 0 Å². The molecule has 0 heterocycles. The molecule has 1 rings (SSSR count). The first-order valence-electron chi connectivity index (χ1n) is 5.52. The Morgan fingerprint density at radius 3 is 2.75 bits per heavy atom. The Bertz CT molecular complexity index is 368. The molecular formula is C12H18BrNOS. The van der Waals surface area contributed by atoms with E-state index in [-0.39, 0.29) is 0 Å². The Morgan fingerprint density at radius 2 is 2.12 bits per heavy atom. The summed E-state index contributed by atoms with van der Waals surface area (Å²) in [6.07, 6.45) is 3.38. The molecular weight excluding hydrogens is 286 g/mol. The van der Waals surface area contributed by atoms with Crippen LogP contribution in [-0.4, -0.2) is 9.96 Å². The van der Waals surface area contributed by atoms with E-state index in [0.717, 1.165) is 34.3 Å². The summed E-state index contributed by atoms with van der Waals surface area (Å²) in [7, 11) is -0.760. The molecule has 0 fully saturated rings. The van der Waals surface area contributed by atoms with Crippen LogP contribution in [0.2, 0.25) is 0 Å². The molecule has 0 saturated heterocycles. The SMILES string of the molecule is CCCCCS(=O)Cc1ccc(N)cc1Br. The average molecular weight is 304 g/mol. The summed E-state index contributed by atoms with van der Waals surface area (Å²) in [5, 5.41) is 0. The van der Waals surface area contributed by atoms with Gasteiger partial charge in [-0.15, -0.1) is 0 Å². The number of unbranched alkanes of at least 4 members (excludes halogenated alkanes) is 2. The topological polar surface area (TPSA) is 43.1 Å². The predicted molar refractivity (Wildman–Crippen MR) is 74.8 cm³/mol. The molecule has 2 nitrogen and oxygen atoms in total. The van der Waals surface area contributed by atoms with Crippen molar-refractivity contribution in [3.63, 3.8) is 0 Å². The molecule has 0 aliphatic carbocycles. The second kappa shape index (κ2) is 7.07. The summed E-state index contributed by atoms with van der Waals surface area (Å²) in [5.74, 6) is 1.41. The number of nitrogens with two attached hydrogens (primary N) is 1. The van der Waals surface area contributed by atoms with Gasteiger partial charge in [0, 0.05) is 32.5 Å². The number of benzene rings is 1. The molecule has 0 radical (unpaired) electrons. The largest absolute Gasteiger partial charge is 0.399 e. The van der Waals surface area contributed by atoms with Crippen molar-refractivity contribution >= 4 is 32.4 Å². The van der Waals surface area contributed by atoms with Gasteiger partial charge < -0.3 is 5.73 Å². The molecule has 1 aromatic rings. The van der Waals surface area contributed by atoms with E-state index in [9.17, 15) is 4.21 Å². The minimum Gasteiger partial charge on any atom is -0.399 e. The highest BCUT2D eigenvalue weighted by atomic mass is 79.9. The third-order valence-corrected chi connectivity index (χ3v) is 4.48. The zero-order valence-electron chi connectivity index (χ0n) is 9.54. The fourth-order valence-corrected chi connectivity index (χ4v) is 3.43. The summed E-state index contributed by atoms with van der Waals surface area (Å²) >= 11 is 3.44. The highest BCUT2D eigenvalue weighted by molar-refractivity contribution is 9.10. The number of anilines is 1. The van der Waals surface area contributed by atoms with Gasteiger partial charge in [-0.2, -0.15) is 0 Å². The van der Waals surface area contributed by atoms with Crippen molar-refractivity contribution in [2.45, 2.75) is 31.9 Å². The molecule has 2 N–H and O–H groups in total. The third kappa shape index (κ3) is 4.66. The maximum Gasteiger partial charge on any atom is 0.0496 e. The Balaban J connectivity index is 2.49. The van der Waals surface area contributed by atoms with Gasteiger partial charge in [0.1, 0.15) is 0 Å². The van der Waals surface area contributed by atoms with E-state index in [1.807, 2.05) is 18.2 Å². The standard InChI is InChI=1S/C12H18BrNOS/c1-2-3-4-7-16(15)9-10-5-6-11(14)8-12(10)13/h5-6,8H,2-4,7,9,14H2,1H3. The number of hydrogen-bond acceptors (Lipinski definition) is 2.